The van der Waals surface area contributed by atoms with Crippen LogP contribution in [0.2, 0.25) is 0 Å². The molecule has 0 radical (unpaired) electrons. The van der Waals surface area contributed by atoms with E-state index in [-0.39, 0.29) is 0 Å². The molecule has 0 atom stereocenters. The van der Waals surface area contributed by atoms with Crippen molar-refractivity contribution in [3.8, 4) is 0 Å². The van der Waals surface area contributed by atoms with E-state index in [9.17, 15) is 0 Å². The number of nitrogens with zero attached hydrogens (tertiary/aromatic N) is 1. The second-order valence-corrected chi connectivity index (χ2v) is 4.52. The second kappa shape index (κ2) is 5.08. The predicted octanol–water partition coefficient (Wildman–Crippen LogP) is 3.59. The highest BCUT2D eigenvalue weighted by atomic mass is 15.0. The van der Waals surface area contributed by atoms with E-state index >= 15 is 0 Å². The first-order chi connectivity index (χ1) is 8.60. The topological polar surface area (TPSA) is 50.9 Å². The van der Waals surface area contributed by atoms with Gasteiger partial charge in [-0.1, -0.05) is 19.1 Å². The largest absolute Gasteiger partial charge is 0.396 e. The van der Waals surface area contributed by atoms with Crippen LogP contribution in [0.15, 0.2) is 30.3 Å². The zero-order valence-electron chi connectivity index (χ0n) is 11.1. The molecule has 2 aromatic rings. The highest BCUT2D eigenvalue weighted by molar-refractivity contribution is 5.71. The van der Waals surface area contributed by atoms with Crippen LogP contribution in [0.5, 0.6) is 0 Å². The number of nitrogens with two attached hydrogens (primary N) is 1. The Labute approximate surface area is 108 Å². The van der Waals surface area contributed by atoms with Crippen LogP contribution in [0.3, 0.4) is 0 Å². The first-order valence-corrected chi connectivity index (χ1v) is 6.20. The van der Waals surface area contributed by atoms with Crippen LogP contribution in [0.4, 0.5) is 17.2 Å². The average Bonchev–Trinajstić information content (AvgIpc) is 2.36. The van der Waals surface area contributed by atoms with Crippen molar-refractivity contribution in [3.05, 3.63) is 47.2 Å². The molecule has 3 nitrogen and oxygen atoms in total. The van der Waals surface area contributed by atoms with Gasteiger partial charge in [-0.3, -0.25) is 0 Å². The van der Waals surface area contributed by atoms with E-state index in [1.54, 1.807) is 0 Å². The Bertz CT molecular complexity index is 544. The molecule has 1 aromatic carbocycles. The number of anilines is 3. The third-order valence-corrected chi connectivity index (χ3v) is 3.02. The summed E-state index contributed by atoms with van der Waals surface area (Å²) in [5.74, 6) is 0.733. The fourth-order valence-corrected chi connectivity index (χ4v) is 1.90. The maximum atomic E-state index is 6.03. The van der Waals surface area contributed by atoms with Crippen molar-refractivity contribution < 1.29 is 0 Å². The number of nitrogen functional groups attached to an aromatic ring is 1. The summed E-state index contributed by atoms with van der Waals surface area (Å²) < 4.78 is 0. The molecule has 0 spiro atoms. The predicted molar refractivity (Wildman–Crippen MR) is 77.2 cm³/mol. The number of rotatable bonds is 3. The Morgan fingerprint density at radius 3 is 2.44 bits per heavy atom. The monoisotopic (exact) mass is 241 g/mol. The Kier molecular flexibility index (Phi) is 3.51. The highest BCUT2D eigenvalue weighted by Gasteiger charge is 2.05. The number of benzene rings is 1. The van der Waals surface area contributed by atoms with E-state index in [2.05, 4.69) is 41.5 Å². The number of hydrogen-bond acceptors (Lipinski definition) is 3. The fraction of sp³-hybridized carbons (Fsp3) is 0.267. The first-order valence-electron chi connectivity index (χ1n) is 6.20. The van der Waals surface area contributed by atoms with Gasteiger partial charge in [-0.25, -0.2) is 4.98 Å². The molecule has 3 N–H and O–H groups in total. The molecule has 0 aliphatic carbocycles. The molecule has 0 aliphatic heterocycles. The molecule has 3 heteroatoms. The molecule has 0 saturated heterocycles. The lowest BCUT2D eigenvalue weighted by Gasteiger charge is -2.11. The molecule has 0 saturated carbocycles. The third-order valence-electron chi connectivity index (χ3n) is 3.02. The van der Waals surface area contributed by atoms with Gasteiger partial charge in [0.25, 0.3) is 0 Å². The normalized spacial score (nSPS) is 10.4. The molecule has 1 heterocycles. The molecule has 0 amide bonds. The van der Waals surface area contributed by atoms with Crippen molar-refractivity contribution in [1.82, 2.24) is 4.98 Å². The molecule has 2 rings (SSSR count). The molecule has 0 fully saturated rings. The highest BCUT2D eigenvalue weighted by Crippen LogP contribution is 2.24. The van der Waals surface area contributed by atoms with Gasteiger partial charge in [0.2, 0.25) is 0 Å². The van der Waals surface area contributed by atoms with E-state index in [0.29, 0.717) is 5.69 Å². The molecule has 94 valence electrons. The SMILES string of the molecule is CCc1ccc(Nc2nc(C)cc(C)c2N)cc1. The Balaban J connectivity index is 2.27. The minimum absolute atomic E-state index is 0.708. The lowest BCUT2D eigenvalue weighted by atomic mass is 10.1. The fourth-order valence-electron chi connectivity index (χ4n) is 1.90. The average molecular weight is 241 g/mol. The van der Waals surface area contributed by atoms with E-state index in [1.165, 1.54) is 5.56 Å². The summed E-state index contributed by atoms with van der Waals surface area (Å²) in [6.45, 7) is 6.11. The molecule has 0 bridgehead atoms. The van der Waals surface area contributed by atoms with E-state index < -0.39 is 0 Å². The van der Waals surface area contributed by atoms with Gasteiger partial charge in [-0.05, 0) is 49.6 Å². The zero-order chi connectivity index (χ0) is 13.1. The Hall–Kier alpha value is -2.03. The van der Waals surface area contributed by atoms with Gasteiger partial charge in [0.1, 0.15) is 0 Å². The summed E-state index contributed by atoms with van der Waals surface area (Å²) in [5, 5.41) is 3.27. The standard InChI is InChI=1S/C15H19N3/c1-4-12-5-7-13(8-6-12)18-15-14(16)10(2)9-11(3)17-15/h5-9H,4,16H2,1-3H3,(H,17,18). The minimum Gasteiger partial charge on any atom is -0.396 e. The van der Waals surface area contributed by atoms with E-state index in [4.69, 9.17) is 5.73 Å². The van der Waals surface area contributed by atoms with Crippen LogP contribution in [-0.4, -0.2) is 4.98 Å². The maximum absolute atomic E-state index is 6.03. The van der Waals surface area contributed by atoms with Crippen LogP contribution in [0.1, 0.15) is 23.7 Å². The number of pyridine rings is 1. The van der Waals surface area contributed by atoms with Crippen LogP contribution in [0.25, 0.3) is 0 Å². The van der Waals surface area contributed by atoms with Gasteiger partial charge in [0.05, 0.1) is 5.69 Å². The van der Waals surface area contributed by atoms with Crippen molar-refractivity contribution in [2.24, 2.45) is 0 Å². The summed E-state index contributed by atoms with van der Waals surface area (Å²) in [7, 11) is 0. The summed E-state index contributed by atoms with van der Waals surface area (Å²) in [6.07, 6.45) is 1.05. The molecule has 1 aromatic heterocycles. The van der Waals surface area contributed by atoms with Crippen LogP contribution in [-0.2, 0) is 6.42 Å². The number of hydrogen-bond donors (Lipinski definition) is 2. The van der Waals surface area contributed by atoms with Crippen molar-refractivity contribution in [2.45, 2.75) is 27.2 Å². The van der Waals surface area contributed by atoms with Crippen molar-refractivity contribution in [2.75, 3.05) is 11.1 Å². The van der Waals surface area contributed by atoms with Crippen molar-refractivity contribution in [3.63, 3.8) is 0 Å². The van der Waals surface area contributed by atoms with Crippen molar-refractivity contribution >= 4 is 17.2 Å². The van der Waals surface area contributed by atoms with Gasteiger partial charge < -0.3 is 11.1 Å². The minimum atomic E-state index is 0.708. The lowest BCUT2D eigenvalue weighted by molar-refractivity contribution is 1.14. The van der Waals surface area contributed by atoms with Gasteiger partial charge in [0, 0.05) is 11.4 Å². The van der Waals surface area contributed by atoms with Crippen LogP contribution >= 0.6 is 0 Å². The number of nitrogens with one attached hydrogen (secondary N) is 1. The van der Waals surface area contributed by atoms with Gasteiger partial charge in [0.15, 0.2) is 5.82 Å². The number of aromatic nitrogens is 1. The summed E-state index contributed by atoms with van der Waals surface area (Å²) in [5.41, 5.74) is 11.1. The van der Waals surface area contributed by atoms with Crippen LogP contribution in [0, 0.1) is 13.8 Å². The Morgan fingerprint density at radius 2 is 1.83 bits per heavy atom. The third kappa shape index (κ3) is 2.62. The molecular formula is C15H19N3. The second-order valence-electron chi connectivity index (χ2n) is 4.52. The van der Waals surface area contributed by atoms with Gasteiger partial charge >= 0.3 is 0 Å². The van der Waals surface area contributed by atoms with Gasteiger partial charge in [-0.15, -0.1) is 0 Å². The maximum Gasteiger partial charge on any atom is 0.154 e. The lowest BCUT2D eigenvalue weighted by Crippen LogP contribution is -2.02. The zero-order valence-corrected chi connectivity index (χ0v) is 11.1. The quantitative estimate of drug-likeness (QED) is 0.863. The molecule has 18 heavy (non-hydrogen) atoms. The molecular weight excluding hydrogens is 222 g/mol. The Morgan fingerprint density at radius 1 is 1.17 bits per heavy atom. The van der Waals surface area contributed by atoms with Crippen molar-refractivity contribution in [1.29, 1.82) is 0 Å². The van der Waals surface area contributed by atoms with Gasteiger partial charge in [-0.2, -0.15) is 0 Å². The molecule has 0 unspecified atom stereocenters. The summed E-state index contributed by atoms with van der Waals surface area (Å²) >= 11 is 0. The van der Waals surface area contributed by atoms with E-state index in [1.807, 2.05) is 19.9 Å². The summed E-state index contributed by atoms with van der Waals surface area (Å²) in [4.78, 5) is 4.44. The first kappa shape index (κ1) is 12.4. The molecule has 0 aliphatic rings. The van der Waals surface area contributed by atoms with Crippen LogP contribution < -0.4 is 11.1 Å². The van der Waals surface area contributed by atoms with E-state index in [0.717, 1.165) is 29.2 Å². The number of aryl methyl sites for hydroxylation is 3. The summed E-state index contributed by atoms with van der Waals surface area (Å²) in [6, 6.07) is 10.3. The smallest absolute Gasteiger partial charge is 0.154 e.